The molecule has 0 spiro atoms. The van der Waals surface area contributed by atoms with Gasteiger partial charge in [-0.05, 0) is 81.2 Å². The van der Waals surface area contributed by atoms with Crippen LogP contribution < -0.4 is 5.32 Å². The Morgan fingerprint density at radius 2 is 1.13 bits per heavy atom. The van der Waals surface area contributed by atoms with E-state index in [0.29, 0.717) is 0 Å². The first-order valence-corrected chi connectivity index (χ1v) is 17.7. The summed E-state index contributed by atoms with van der Waals surface area (Å²) < 4.78 is 8.59. The fraction of sp³-hybridized carbons (Fsp3) is 0.0208. The second-order valence-electron chi connectivity index (χ2n) is 13.6. The van der Waals surface area contributed by atoms with Gasteiger partial charge < -0.3 is 14.3 Å². The minimum Gasteiger partial charge on any atom is -0.456 e. The van der Waals surface area contributed by atoms with Crippen LogP contribution >= 0.6 is 0 Å². The number of aromatic nitrogens is 1. The number of nitrogens with zero attached hydrogens (tertiary/aromatic N) is 2. The average Bonchev–Trinajstić information content (AvgIpc) is 3.77. The van der Waals surface area contributed by atoms with Crippen molar-refractivity contribution in [2.45, 2.75) is 6.04 Å². The summed E-state index contributed by atoms with van der Waals surface area (Å²) in [5.74, 6) is 0.835. The number of nitrogens with one attached hydrogen (secondary N) is 1. The van der Waals surface area contributed by atoms with Gasteiger partial charge in [-0.15, -0.1) is 0 Å². The second-order valence-corrected chi connectivity index (χ2v) is 13.6. The van der Waals surface area contributed by atoms with E-state index in [9.17, 15) is 0 Å². The number of hydrogen-bond acceptors (Lipinski definition) is 3. The van der Waals surface area contributed by atoms with Crippen molar-refractivity contribution in [2.24, 2.45) is 4.99 Å². The molecule has 1 aliphatic heterocycles. The molecule has 1 N–H and O–H groups in total. The van der Waals surface area contributed by atoms with Crippen molar-refractivity contribution in [1.29, 1.82) is 0 Å². The Balaban J connectivity index is 1.09. The Morgan fingerprint density at radius 3 is 1.88 bits per heavy atom. The van der Waals surface area contributed by atoms with Gasteiger partial charge in [-0.25, -0.2) is 4.99 Å². The van der Waals surface area contributed by atoms with Gasteiger partial charge in [0.15, 0.2) is 0 Å². The van der Waals surface area contributed by atoms with Crippen molar-refractivity contribution in [3.8, 4) is 5.69 Å². The van der Waals surface area contributed by atoms with Gasteiger partial charge in [-0.3, -0.25) is 0 Å². The topological polar surface area (TPSA) is 42.5 Å². The van der Waals surface area contributed by atoms with Crippen molar-refractivity contribution in [3.63, 3.8) is 0 Å². The third-order valence-corrected chi connectivity index (χ3v) is 10.6. The maximum absolute atomic E-state index is 6.17. The highest BCUT2D eigenvalue weighted by atomic mass is 16.3. The maximum Gasteiger partial charge on any atom is 0.135 e. The van der Waals surface area contributed by atoms with Crippen LogP contribution in [-0.4, -0.2) is 10.4 Å². The summed E-state index contributed by atoms with van der Waals surface area (Å²) in [6, 6.07) is 60.4. The zero-order valence-electron chi connectivity index (χ0n) is 28.1. The average molecular weight is 666 g/mol. The molecule has 4 nitrogen and oxygen atoms in total. The van der Waals surface area contributed by atoms with E-state index in [1.807, 2.05) is 18.2 Å². The molecule has 244 valence electrons. The lowest BCUT2D eigenvalue weighted by Gasteiger charge is -2.25. The first kappa shape index (κ1) is 28.9. The van der Waals surface area contributed by atoms with Gasteiger partial charge in [0.05, 0.1) is 22.8 Å². The van der Waals surface area contributed by atoms with Crippen LogP contribution in [0.1, 0.15) is 22.7 Å². The molecule has 0 saturated heterocycles. The Bertz CT molecular complexity index is 3020. The van der Waals surface area contributed by atoms with Crippen LogP contribution in [0.3, 0.4) is 0 Å². The number of fused-ring (bicyclic) bond motifs is 10. The van der Waals surface area contributed by atoms with E-state index in [1.54, 1.807) is 0 Å². The fourth-order valence-electron chi connectivity index (χ4n) is 8.19. The molecule has 0 bridgehead atoms. The Kier molecular flexibility index (Phi) is 6.28. The summed E-state index contributed by atoms with van der Waals surface area (Å²) in [6.07, 6.45) is 2.23. The van der Waals surface area contributed by atoms with Crippen LogP contribution in [0.2, 0.25) is 0 Å². The van der Waals surface area contributed by atoms with E-state index in [-0.39, 0.29) is 6.04 Å². The highest BCUT2D eigenvalue weighted by Crippen LogP contribution is 2.41. The molecule has 8 aromatic carbocycles. The molecular weight excluding hydrogens is 635 g/mol. The summed E-state index contributed by atoms with van der Waals surface area (Å²) >= 11 is 0. The van der Waals surface area contributed by atoms with Crippen LogP contribution in [0.4, 0.5) is 0 Å². The van der Waals surface area contributed by atoms with Gasteiger partial charge in [0.2, 0.25) is 0 Å². The van der Waals surface area contributed by atoms with E-state index in [1.165, 1.54) is 43.4 Å². The third kappa shape index (κ3) is 4.44. The van der Waals surface area contributed by atoms with Crippen molar-refractivity contribution >= 4 is 76.8 Å². The second kappa shape index (κ2) is 11.3. The molecule has 0 fully saturated rings. The van der Waals surface area contributed by atoms with Crippen LogP contribution in [0, 0.1) is 0 Å². The van der Waals surface area contributed by atoms with E-state index in [4.69, 9.17) is 9.41 Å². The Labute approximate surface area is 299 Å². The summed E-state index contributed by atoms with van der Waals surface area (Å²) in [4.78, 5) is 5.27. The lowest BCUT2D eigenvalue weighted by atomic mass is 9.98. The van der Waals surface area contributed by atoms with Crippen LogP contribution in [-0.2, 0) is 0 Å². The minimum atomic E-state index is -0.101. The van der Waals surface area contributed by atoms with E-state index >= 15 is 0 Å². The molecule has 0 amide bonds. The van der Waals surface area contributed by atoms with Crippen LogP contribution in [0.25, 0.3) is 76.7 Å². The number of para-hydroxylation sites is 1. The van der Waals surface area contributed by atoms with Gasteiger partial charge in [0.25, 0.3) is 0 Å². The number of furan rings is 1. The Hall–Kier alpha value is -6.91. The summed E-state index contributed by atoms with van der Waals surface area (Å²) in [6.45, 7) is 0. The van der Waals surface area contributed by atoms with Gasteiger partial charge >= 0.3 is 0 Å². The number of hydrogen-bond donors (Lipinski definition) is 1. The largest absolute Gasteiger partial charge is 0.456 e. The standard InChI is InChI=1S/C48H31N3O/c1-2-13-32(14-3-1)40-29-41(33-23-26-45-39(28-33)38-19-8-9-20-44(38)52-45)50-48(49-40)34-15-10-16-35(27-34)51-42-24-21-30-11-4-6-17-36(30)46(42)47-37-18-7-5-12-31(37)22-25-43(47)51/h1-29,41H,(H,49,50). The molecule has 1 aliphatic rings. The van der Waals surface area contributed by atoms with Gasteiger partial charge in [-0.1, -0.05) is 127 Å². The van der Waals surface area contributed by atoms with Crippen molar-refractivity contribution < 1.29 is 4.42 Å². The zero-order chi connectivity index (χ0) is 34.2. The monoisotopic (exact) mass is 665 g/mol. The van der Waals surface area contributed by atoms with E-state index in [0.717, 1.165) is 55.8 Å². The first-order chi connectivity index (χ1) is 25.8. The number of rotatable bonds is 4. The fourth-order valence-corrected chi connectivity index (χ4v) is 8.19. The molecular formula is C48H31N3O. The molecule has 0 radical (unpaired) electrons. The molecule has 11 rings (SSSR count). The molecule has 10 aromatic rings. The highest BCUT2D eigenvalue weighted by molar-refractivity contribution is 6.28. The zero-order valence-corrected chi connectivity index (χ0v) is 28.1. The summed E-state index contributed by atoms with van der Waals surface area (Å²) in [7, 11) is 0. The molecule has 1 atom stereocenters. The normalized spacial score (nSPS) is 14.7. The molecule has 3 heterocycles. The lowest BCUT2D eigenvalue weighted by molar-refractivity contribution is 0.668. The summed E-state index contributed by atoms with van der Waals surface area (Å²) in [5.41, 5.74) is 9.45. The van der Waals surface area contributed by atoms with Crippen molar-refractivity contribution in [1.82, 2.24) is 9.88 Å². The molecule has 2 aromatic heterocycles. The van der Waals surface area contributed by atoms with Crippen molar-refractivity contribution in [3.05, 3.63) is 193 Å². The smallest absolute Gasteiger partial charge is 0.135 e. The van der Waals surface area contributed by atoms with Gasteiger partial charge in [0.1, 0.15) is 17.0 Å². The lowest BCUT2D eigenvalue weighted by Crippen LogP contribution is -2.31. The van der Waals surface area contributed by atoms with Gasteiger partial charge in [0, 0.05) is 32.8 Å². The maximum atomic E-state index is 6.17. The SMILES string of the molecule is C1=C(c2ccccc2)N=C(c2cccc(-n3c4ccc5ccccc5c4c4c5ccccc5ccc43)c2)NC1c1ccc2oc3ccccc3c2c1. The molecule has 1 unspecified atom stereocenters. The van der Waals surface area contributed by atoms with Crippen LogP contribution in [0.5, 0.6) is 0 Å². The molecule has 0 saturated carbocycles. The molecule has 52 heavy (non-hydrogen) atoms. The number of benzene rings is 8. The summed E-state index contributed by atoms with van der Waals surface area (Å²) in [5, 5.41) is 13.6. The van der Waals surface area contributed by atoms with Crippen LogP contribution in [0.15, 0.2) is 185 Å². The number of amidine groups is 1. The Morgan fingerprint density at radius 1 is 0.500 bits per heavy atom. The first-order valence-electron chi connectivity index (χ1n) is 17.7. The van der Waals surface area contributed by atoms with E-state index in [2.05, 4.69) is 168 Å². The number of aliphatic imine (C=N–C) groups is 1. The minimum absolute atomic E-state index is 0.101. The predicted octanol–water partition coefficient (Wildman–Crippen LogP) is 12.1. The van der Waals surface area contributed by atoms with Gasteiger partial charge in [-0.2, -0.15) is 0 Å². The third-order valence-electron chi connectivity index (χ3n) is 10.6. The molecule has 4 heteroatoms. The van der Waals surface area contributed by atoms with E-state index < -0.39 is 0 Å². The molecule has 0 aliphatic carbocycles. The predicted molar refractivity (Wildman–Crippen MR) is 216 cm³/mol. The van der Waals surface area contributed by atoms with Crippen molar-refractivity contribution in [2.75, 3.05) is 0 Å². The highest BCUT2D eigenvalue weighted by Gasteiger charge is 2.22. The quantitative estimate of drug-likeness (QED) is 0.203.